The summed E-state index contributed by atoms with van der Waals surface area (Å²) in [5.74, 6) is -0.770. The molecule has 23 heavy (non-hydrogen) atoms. The van der Waals surface area contributed by atoms with Gasteiger partial charge in [0.2, 0.25) is 0 Å². The van der Waals surface area contributed by atoms with E-state index in [2.05, 4.69) is 20.3 Å². The number of hydrogen-bond acceptors (Lipinski definition) is 5. The number of nitrogens with zero attached hydrogens (tertiary/aromatic N) is 2. The third-order valence-corrected chi connectivity index (χ3v) is 3.32. The van der Waals surface area contributed by atoms with Crippen LogP contribution in [-0.2, 0) is 13.1 Å². The number of benzene rings is 2. The highest BCUT2D eigenvalue weighted by Crippen LogP contribution is 2.15. The number of halogens is 2. The van der Waals surface area contributed by atoms with Crippen molar-refractivity contribution < 1.29 is 13.8 Å². The molecule has 0 spiro atoms. The fraction of sp³-hybridized carbons (Fsp3) is 0.133. The second kappa shape index (κ2) is 7.17. The monoisotopic (exact) mass is 336 g/mol. The number of amides is 1. The molecule has 8 heteroatoms. The van der Waals surface area contributed by atoms with Crippen LogP contribution in [0.3, 0.4) is 0 Å². The maximum absolute atomic E-state index is 13.8. The van der Waals surface area contributed by atoms with E-state index < -0.39 is 5.82 Å². The zero-order chi connectivity index (χ0) is 15.5. The number of nitrogens with two attached hydrogens (primary N) is 1. The van der Waals surface area contributed by atoms with Crippen molar-refractivity contribution in [1.29, 1.82) is 0 Å². The maximum Gasteiger partial charge on any atom is 0.253 e. The molecule has 0 unspecified atom stereocenters. The van der Waals surface area contributed by atoms with Gasteiger partial charge in [-0.1, -0.05) is 18.2 Å². The Morgan fingerprint density at radius 1 is 1.26 bits per heavy atom. The summed E-state index contributed by atoms with van der Waals surface area (Å²) in [6.07, 6.45) is 0. The van der Waals surface area contributed by atoms with Crippen molar-refractivity contribution in [2.45, 2.75) is 13.1 Å². The molecule has 1 aromatic heterocycles. The summed E-state index contributed by atoms with van der Waals surface area (Å²) in [6, 6.07) is 9.67. The van der Waals surface area contributed by atoms with E-state index in [9.17, 15) is 9.18 Å². The Labute approximate surface area is 137 Å². The highest BCUT2D eigenvalue weighted by Gasteiger charge is 2.14. The first-order chi connectivity index (χ1) is 10.7. The fourth-order valence-corrected chi connectivity index (χ4v) is 2.12. The summed E-state index contributed by atoms with van der Waals surface area (Å²) >= 11 is 0. The van der Waals surface area contributed by atoms with Gasteiger partial charge in [0.05, 0.1) is 5.56 Å². The van der Waals surface area contributed by atoms with E-state index in [4.69, 9.17) is 5.73 Å². The minimum absolute atomic E-state index is 0. The smallest absolute Gasteiger partial charge is 0.253 e. The van der Waals surface area contributed by atoms with Gasteiger partial charge in [-0.15, -0.1) is 12.4 Å². The Kier molecular flexibility index (Phi) is 5.25. The normalized spacial score (nSPS) is 10.3. The van der Waals surface area contributed by atoms with Gasteiger partial charge in [-0.25, -0.2) is 9.02 Å². The predicted octanol–water partition coefficient (Wildman–Crippen LogP) is 2.17. The Balaban J connectivity index is 0.00000192. The van der Waals surface area contributed by atoms with Crippen LogP contribution in [0.2, 0.25) is 0 Å². The summed E-state index contributed by atoms with van der Waals surface area (Å²) in [5, 5.41) is 10.0. The lowest BCUT2D eigenvalue weighted by atomic mass is 10.1. The second-order valence-electron chi connectivity index (χ2n) is 4.75. The van der Waals surface area contributed by atoms with Gasteiger partial charge >= 0.3 is 0 Å². The van der Waals surface area contributed by atoms with E-state index in [1.807, 2.05) is 0 Å². The van der Waals surface area contributed by atoms with Gasteiger partial charge in [0.1, 0.15) is 16.9 Å². The molecule has 3 rings (SSSR count). The van der Waals surface area contributed by atoms with Gasteiger partial charge in [0.15, 0.2) is 0 Å². The molecule has 1 amide bonds. The van der Waals surface area contributed by atoms with Gasteiger partial charge < -0.3 is 11.1 Å². The molecule has 3 N–H and O–H groups in total. The largest absolute Gasteiger partial charge is 0.348 e. The summed E-state index contributed by atoms with van der Waals surface area (Å²) < 4.78 is 18.5. The van der Waals surface area contributed by atoms with Crippen molar-refractivity contribution in [3.8, 4) is 0 Å². The van der Waals surface area contributed by atoms with Crippen LogP contribution in [0.5, 0.6) is 0 Å². The molecule has 0 fully saturated rings. The second-order valence-corrected chi connectivity index (χ2v) is 4.75. The Hall–Kier alpha value is -2.51. The number of carbonyl (C=O) groups excluding carboxylic acids is 1. The third-order valence-electron chi connectivity index (χ3n) is 3.32. The first-order valence-electron chi connectivity index (χ1n) is 6.66. The molecule has 0 atom stereocenters. The van der Waals surface area contributed by atoms with E-state index in [1.54, 1.807) is 30.3 Å². The topological polar surface area (TPSA) is 94.0 Å². The van der Waals surface area contributed by atoms with Crippen molar-refractivity contribution in [1.82, 2.24) is 15.6 Å². The van der Waals surface area contributed by atoms with Crippen LogP contribution in [0.1, 0.15) is 21.5 Å². The van der Waals surface area contributed by atoms with Crippen LogP contribution >= 0.6 is 12.4 Å². The molecular formula is C15H14ClFN4O2. The highest BCUT2D eigenvalue weighted by atomic mass is 35.5. The molecular weight excluding hydrogens is 323 g/mol. The minimum atomic E-state index is -0.399. The van der Waals surface area contributed by atoms with Gasteiger partial charge in [-0.3, -0.25) is 4.79 Å². The molecule has 1 heterocycles. The number of hydrogen-bond donors (Lipinski definition) is 2. The van der Waals surface area contributed by atoms with Crippen molar-refractivity contribution in [2.24, 2.45) is 5.73 Å². The first kappa shape index (κ1) is 16.9. The lowest BCUT2D eigenvalue weighted by Crippen LogP contribution is -2.23. The number of aromatic nitrogens is 2. The van der Waals surface area contributed by atoms with Crippen molar-refractivity contribution in [2.75, 3.05) is 0 Å². The van der Waals surface area contributed by atoms with Crippen molar-refractivity contribution >= 4 is 29.3 Å². The molecule has 0 aliphatic heterocycles. The molecule has 0 bridgehead atoms. The summed E-state index contributed by atoms with van der Waals surface area (Å²) in [7, 11) is 0. The Morgan fingerprint density at radius 2 is 2.09 bits per heavy atom. The first-order valence-corrected chi connectivity index (χ1v) is 6.66. The predicted molar refractivity (Wildman–Crippen MR) is 84.5 cm³/mol. The average molecular weight is 337 g/mol. The minimum Gasteiger partial charge on any atom is -0.348 e. The summed E-state index contributed by atoms with van der Waals surface area (Å²) in [5.41, 5.74) is 7.73. The van der Waals surface area contributed by atoms with Crippen molar-refractivity contribution in [3.63, 3.8) is 0 Å². The number of rotatable bonds is 4. The standard InChI is InChI=1S/C15H13FN4O2.ClH/c16-12-6-9(7-17)4-5-10(12)8-18-15(21)11-2-1-3-13-14(11)20-22-19-13;/h1-6H,7-8,17H2,(H,18,21);1H. The van der Waals surface area contributed by atoms with E-state index in [1.165, 1.54) is 6.07 Å². The zero-order valence-electron chi connectivity index (χ0n) is 12.0. The zero-order valence-corrected chi connectivity index (χ0v) is 12.8. The summed E-state index contributed by atoms with van der Waals surface area (Å²) in [6.45, 7) is 0.335. The van der Waals surface area contributed by atoms with Gasteiger partial charge in [-0.05, 0) is 34.1 Å². The van der Waals surface area contributed by atoms with E-state index in [-0.39, 0.29) is 31.4 Å². The Morgan fingerprint density at radius 3 is 2.83 bits per heavy atom. The van der Waals surface area contributed by atoms with Gasteiger partial charge in [0, 0.05) is 18.7 Å². The highest BCUT2D eigenvalue weighted by molar-refractivity contribution is 6.04. The van der Waals surface area contributed by atoms with Crippen LogP contribution in [0.4, 0.5) is 4.39 Å². The van der Waals surface area contributed by atoms with Gasteiger partial charge in [-0.2, -0.15) is 0 Å². The number of fused-ring (bicyclic) bond motifs is 1. The number of carbonyl (C=O) groups is 1. The van der Waals surface area contributed by atoms with Crippen LogP contribution in [0, 0.1) is 5.82 Å². The van der Waals surface area contributed by atoms with Crippen LogP contribution < -0.4 is 11.1 Å². The summed E-state index contributed by atoms with van der Waals surface area (Å²) in [4.78, 5) is 12.2. The molecule has 3 aromatic rings. The molecule has 0 aliphatic carbocycles. The molecule has 0 radical (unpaired) electrons. The molecule has 0 aliphatic rings. The van der Waals surface area contributed by atoms with Crippen molar-refractivity contribution in [3.05, 3.63) is 58.9 Å². The van der Waals surface area contributed by atoms with Crippen LogP contribution in [-0.4, -0.2) is 16.2 Å². The van der Waals surface area contributed by atoms with E-state index in [0.29, 0.717) is 27.7 Å². The van der Waals surface area contributed by atoms with Crippen LogP contribution in [0.25, 0.3) is 11.0 Å². The Bertz CT molecular complexity index is 837. The van der Waals surface area contributed by atoms with E-state index >= 15 is 0 Å². The fourth-order valence-electron chi connectivity index (χ4n) is 2.12. The molecule has 2 aromatic carbocycles. The third kappa shape index (κ3) is 3.46. The lowest BCUT2D eigenvalue weighted by Gasteiger charge is -2.07. The number of nitrogens with one attached hydrogen (secondary N) is 1. The molecule has 6 nitrogen and oxygen atoms in total. The van der Waals surface area contributed by atoms with Crippen LogP contribution in [0.15, 0.2) is 41.0 Å². The quantitative estimate of drug-likeness (QED) is 0.761. The van der Waals surface area contributed by atoms with Gasteiger partial charge in [0.25, 0.3) is 5.91 Å². The maximum atomic E-state index is 13.8. The molecule has 120 valence electrons. The molecule has 0 saturated heterocycles. The lowest BCUT2D eigenvalue weighted by molar-refractivity contribution is 0.0952. The SMILES string of the molecule is Cl.NCc1ccc(CNC(=O)c2cccc3nonc23)c(F)c1. The van der Waals surface area contributed by atoms with E-state index in [0.717, 1.165) is 0 Å². The molecule has 0 saturated carbocycles. The average Bonchev–Trinajstić information content (AvgIpc) is 3.01.